The third-order valence-corrected chi connectivity index (χ3v) is 3.14. The van der Waals surface area contributed by atoms with Crippen LogP contribution in [0.25, 0.3) is 0 Å². The third-order valence-electron chi connectivity index (χ3n) is 1.43. The Morgan fingerprint density at radius 1 is 1.33 bits per heavy atom. The van der Waals surface area contributed by atoms with Crippen molar-refractivity contribution in [1.29, 1.82) is 5.26 Å². The molecule has 0 aromatic heterocycles. The first kappa shape index (κ1) is 11.6. The fourth-order valence-electron chi connectivity index (χ4n) is 0.934. The number of ether oxygens (including phenoxy) is 2. The Morgan fingerprint density at radius 2 is 1.92 bits per heavy atom. The van der Waals surface area contributed by atoms with E-state index in [1.807, 2.05) is 13.8 Å². The zero-order chi connectivity index (χ0) is 9.23. The number of nitrogens with zero attached hydrogens (tertiary/aromatic N) is 1. The fraction of sp³-hybridized carbons (Fsp3) is 0.875. The van der Waals surface area contributed by atoms with Gasteiger partial charge in [0, 0.05) is 19.6 Å². The van der Waals surface area contributed by atoms with Gasteiger partial charge in [-0.25, -0.2) is 0 Å². The minimum atomic E-state index is -0.375. The highest BCUT2D eigenvalue weighted by molar-refractivity contribution is 6.36. The standard InChI is InChI=1S/C8H17NO2Si/c1-3-10-8(11-4-2)12-7-5-6-9/h8H,3-5,7,12H2,1-2H3. The van der Waals surface area contributed by atoms with Gasteiger partial charge in [-0.05, 0) is 19.9 Å². The van der Waals surface area contributed by atoms with E-state index in [4.69, 9.17) is 14.7 Å². The van der Waals surface area contributed by atoms with E-state index in [0.29, 0.717) is 19.6 Å². The first-order chi connectivity index (χ1) is 5.85. The molecule has 0 rings (SSSR count). The van der Waals surface area contributed by atoms with Gasteiger partial charge in [0.05, 0.1) is 15.6 Å². The summed E-state index contributed by atoms with van der Waals surface area (Å²) >= 11 is 0. The molecule has 0 spiro atoms. The summed E-state index contributed by atoms with van der Waals surface area (Å²) in [5, 5.41) is 8.33. The van der Waals surface area contributed by atoms with Gasteiger partial charge in [0.15, 0.2) is 0 Å². The molecule has 70 valence electrons. The lowest BCUT2D eigenvalue weighted by Gasteiger charge is -2.15. The van der Waals surface area contributed by atoms with Crippen molar-refractivity contribution >= 4 is 9.52 Å². The Kier molecular flexibility index (Phi) is 8.45. The maximum absolute atomic E-state index is 8.33. The molecule has 0 aliphatic rings. The van der Waals surface area contributed by atoms with Crippen molar-refractivity contribution in [3.8, 4) is 6.07 Å². The molecule has 0 aliphatic carbocycles. The molecule has 0 fully saturated rings. The minimum Gasteiger partial charge on any atom is -0.357 e. The lowest BCUT2D eigenvalue weighted by Crippen LogP contribution is -2.24. The van der Waals surface area contributed by atoms with Gasteiger partial charge in [-0.1, -0.05) is 0 Å². The quantitative estimate of drug-likeness (QED) is 0.337. The highest BCUT2D eigenvalue weighted by atomic mass is 28.2. The molecule has 0 saturated heterocycles. The summed E-state index contributed by atoms with van der Waals surface area (Å²) in [6, 6.07) is 3.12. The van der Waals surface area contributed by atoms with Crippen LogP contribution in [0.2, 0.25) is 6.04 Å². The van der Waals surface area contributed by atoms with Crippen molar-refractivity contribution in [2.24, 2.45) is 0 Å². The Balaban J connectivity index is 3.42. The van der Waals surface area contributed by atoms with Crippen molar-refractivity contribution in [1.82, 2.24) is 0 Å². The van der Waals surface area contributed by atoms with Gasteiger partial charge in [0.25, 0.3) is 0 Å². The smallest absolute Gasteiger partial charge is 0.134 e. The predicted octanol–water partition coefficient (Wildman–Crippen LogP) is 0.844. The van der Waals surface area contributed by atoms with Crippen LogP contribution in [0.1, 0.15) is 20.3 Å². The molecule has 0 aliphatic heterocycles. The summed E-state index contributed by atoms with van der Waals surface area (Å²) < 4.78 is 10.7. The highest BCUT2D eigenvalue weighted by Gasteiger charge is 2.06. The van der Waals surface area contributed by atoms with Crippen LogP contribution in [-0.2, 0) is 9.47 Å². The largest absolute Gasteiger partial charge is 0.357 e. The summed E-state index contributed by atoms with van der Waals surface area (Å²) in [6.45, 7) is 5.32. The second-order valence-corrected chi connectivity index (χ2v) is 4.34. The number of hydrogen-bond donors (Lipinski definition) is 0. The van der Waals surface area contributed by atoms with Crippen molar-refractivity contribution in [2.75, 3.05) is 13.2 Å². The first-order valence-corrected chi connectivity index (χ1v) is 6.26. The summed E-state index contributed by atoms with van der Waals surface area (Å²) in [6.07, 6.45) is 0.642. The average Bonchev–Trinajstić information content (AvgIpc) is 2.06. The van der Waals surface area contributed by atoms with Gasteiger partial charge in [-0.2, -0.15) is 5.26 Å². The molecular weight excluding hydrogens is 170 g/mol. The zero-order valence-corrected chi connectivity index (χ0v) is 9.29. The Labute approximate surface area is 76.5 Å². The van der Waals surface area contributed by atoms with Crippen LogP contribution in [0.5, 0.6) is 0 Å². The van der Waals surface area contributed by atoms with Crippen molar-refractivity contribution in [3.63, 3.8) is 0 Å². The molecule has 12 heavy (non-hydrogen) atoms. The Bertz CT molecular complexity index is 130. The molecule has 3 nitrogen and oxygen atoms in total. The van der Waals surface area contributed by atoms with E-state index in [9.17, 15) is 0 Å². The second-order valence-electron chi connectivity index (χ2n) is 2.39. The van der Waals surface area contributed by atoms with E-state index in [1.165, 1.54) is 0 Å². The molecule has 0 aromatic carbocycles. The number of hydrogen-bond acceptors (Lipinski definition) is 3. The van der Waals surface area contributed by atoms with E-state index in [0.717, 1.165) is 6.04 Å². The van der Waals surface area contributed by atoms with Crippen LogP contribution in [0.15, 0.2) is 0 Å². The van der Waals surface area contributed by atoms with Gasteiger partial charge in [0.1, 0.15) is 5.91 Å². The summed E-state index contributed by atoms with van der Waals surface area (Å²) in [4.78, 5) is 0. The summed E-state index contributed by atoms with van der Waals surface area (Å²) in [5.41, 5.74) is 0. The molecule has 0 unspecified atom stereocenters. The molecule has 0 N–H and O–H groups in total. The predicted molar refractivity (Wildman–Crippen MR) is 50.6 cm³/mol. The van der Waals surface area contributed by atoms with Crippen LogP contribution >= 0.6 is 0 Å². The first-order valence-electron chi connectivity index (χ1n) is 4.45. The van der Waals surface area contributed by atoms with Crippen LogP contribution in [-0.4, -0.2) is 28.6 Å². The Hall–Kier alpha value is -0.373. The van der Waals surface area contributed by atoms with Crippen molar-refractivity contribution in [3.05, 3.63) is 0 Å². The van der Waals surface area contributed by atoms with Gasteiger partial charge in [-0.3, -0.25) is 0 Å². The van der Waals surface area contributed by atoms with Gasteiger partial charge in [0.2, 0.25) is 0 Å². The van der Waals surface area contributed by atoms with E-state index in [1.54, 1.807) is 0 Å². The van der Waals surface area contributed by atoms with E-state index < -0.39 is 0 Å². The monoisotopic (exact) mass is 187 g/mol. The van der Waals surface area contributed by atoms with E-state index in [2.05, 4.69) is 6.07 Å². The number of rotatable bonds is 7. The maximum Gasteiger partial charge on any atom is 0.134 e. The van der Waals surface area contributed by atoms with E-state index >= 15 is 0 Å². The van der Waals surface area contributed by atoms with Crippen LogP contribution in [0.3, 0.4) is 0 Å². The third kappa shape index (κ3) is 6.34. The maximum atomic E-state index is 8.33. The minimum absolute atomic E-state index is 0.0216. The average molecular weight is 187 g/mol. The molecule has 0 amide bonds. The Morgan fingerprint density at radius 3 is 2.33 bits per heavy atom. The summed E-state index contributed by atoms with van der Waals surface area (Å²) in [7, 11) is -0.375. The van der Waals surface area contributed by atoms with Crippen molar-refractivity contribution < 1.29 is 9.47 Å². The van der Waals surface area contributed by atoms with Crippen LogP contribution in [0.4, 0.5) is 0 Å². The molecule has 0 bridgehead atoms. The van der Waals surface area contributed by atoms with E-state index in [-0.39, 0.29) is 15.4 Å². The lowest BCUT2D eigenvalue weighted by molar-refractivity contribution is -0.0827. The topological polar surface area (TPSA) is 42.2 Å². The SMILES string of the molecule is CCOC(OCC)[SiH2]CCC#N. The van der Waals surface area contributed by atoms with Gasteiger partial charge >= 0.3 is 0 Å². The molecule has 0 atom stereocenters. The zero-order valence-electron chi connectivity index (χ0n) is 7.88. The van der Waals surface area contributed by atoms with Crippen LogP contribution < -0.4 is 0 Å². The number of nitriles is 1. The molecular formula is C8H17NO2Si. The summed E-state index contributed by atoms with van der Waals surface area (Å²) in [5.74, 6) is 0.0216. The van der Waals surface area contributed by atoms with Crippen molar-refractivity contribution in [2.45, 2.75) is 32.2 Å². The van der Waals surface area contributed by atoms with Gasteiger partial charge in [-0.15, -0.1) is 0 Å². The highest BCUT2D eigenvalue weighted by Crippen LogP contribution is 1.97. The molecule has 0 radical (unpaired) electrons. The lowest BCUT2D eigenvalue weighted by atomic mass is 10.6. The fourth-order valence-corrected chi connectivity index (χ4v) is 2.43. The second kappa shape index (κ2) is 8.72. The molecule has 4 heteroatoms. The molecule has 0 saturated carbocycles. The van der Waals surface area contributed by atoms with Crippen LogP contribution in [0, 0.1) is 11.3 Å². The van der Waals surface area contributed by atoms with Gasteiger partial charge < -0.3 is 9.47 Å². The normalized spacial score (nSPS) is 11.2. The molecule has 0 heterocycles. The molecule has 0 aromatic rings.